The van der Waals surface area contributed by atoms with Crippen molar-refractivity contribution in [3.8, 4) is 11.3 Å². The second-order valence-corrected chi connectivity index (χ2v) is 5.97. The minimum atomic E-state index is -1.95. The second-order valence-electron chi connectivity index (χ2n) is 5.97. The Hall–Kier alpha value is -2.24. The number of rotatable bonds is 0. The standard InChI is InChI=1S/C17H14O5/c1-8-7-22-16-10-4-5-11-9(3-2-6-17(11,20)21)13(10)15(19)14(18)12(8)16/h4-5,7,20-21H,2-3,6H2,1H3. The summed E-state index contributed by atoms with van der Waals surface area (Å²) < 4.78 is 5.48. The molecule has 22 heavy (non-hydrogen) atoms. The van der Waals surface area contributed by atoms with Crippen LogP contribution in [0.15, 0.2) is 22.8 Å². The molecule has 1 aromatic heterocycles. The van der Waals surface area contributed by atoms with E-state index in [1.807, 2.05) is 0 Å². The molecule has 0 amide bonds. The Kier molecular flexibility index (Phi) is 2.53. The van der Waals surface area contributed by atoms with Crippen molar-refractivity contribution in [3.63, 3.8) is 0 Å². The summed E-state index contributed by atoms with van der Waals surface area (Å²) in [6.45, 7) is 1.73. The first-order valence-electron chi connectivity index (χ1n) is 7.20. The maximum Gasteiger partial charge on any atom is 0.237 e. The number of aryl methyl sites for hydroxylation is 1. The van der Waals surface area contributed by atoms with Crippen LogP contribution in [0.1, 0.15) is 50.2 Å². The van der Waals surface area contributed by atoms with Crippen LogP contribution in [0.25, 0.3) is 11.3 Å². The molecule has 0 atom stereocenters. The van der Waals surface area contributed by atoms with Crippen molar-refractivity contribution >= 4 is 11.6 Å². The van der Waals surface area contributed by atoms with E-state index in [9.17, 15) is 19.8 Å². The van der Waals surface area contributed by atoms with Crippen molar-refractivity contribution in [2.24, 2.45) is 0 Å². The second kappa shape index (κ2) is 4.15. The fourth-order valence-electron chi connectivity index (χ4n) is 3.53. The van der Waals surface area contributed by atoms with Crippen LogP contribution in [-0.2, 0) is 12.2 Å². The number of aliphatic hydroxyl groups is 2. The maximum absolute atomic E-state index is 12.6. The highest BCUT2D eigenvalue weighted by Crippen LogP contribution is 2.43. The van der Waals surface area contributed by atoms with Gasteiger partial charge in [0, 0.05) is 23.1 Å². The largest absolute Gasteiger partial charge is 0.463 e. The van der Waals surface area contributed by atoms with Crippen LogP contribution in [0.3, 0.4) is 0 Å². The summed E-state index contributed by atoms with van der Waals surface area (Å²) in [6, 6.07) is 3.24. The number of Topliss-reactive ketones (excluding diaryl/α,β-unsaturated/α-hetero) is 2. The fraction of sp³-hybridized carbons (Fsp3) is 0.294. The van der Waals surface area contributed by atoms with Gasteiger partial charge in [0.25, 0.3) is 0 Å². The molecule has 0 unspecified atom stereocenters. The lowest BCUT2D eigenvalue weighted by atomic mass is 9.77. The molecule has 2 N–H and O–H groups in total. The van der Waals surface area contributed by atoms with Crippen molar-refractivity contribution < 1.29 is 24.2 Å². The van der Waals surface area contributed by atoms with Crippen LogP contribution < -0.4 is 0 Å². The molecule has 5 heteroatoms. The molecule has 4 rings (SSSR count). The lowest BCUT2D eigenvalue weighted by molar-refractivity contribution is -0.179. The summed E-state index contributed by atoms with van der Waals surface area (Å²) >= 11 is 0. The third kappa shape index (κ3) is 1.55. The van der Waals surface area contributed by atoms with E-state index < -0.39 is 17.4 Å². The minimum absolute atomic E-state index is 0.214. The Morgan fingerprint density at radius 1 is 1.14 bits per heavy atom. The lowest BCUT2D eigenvalue weighted by Gasteiger charge is -2.32. The summed E-state index contributed by atoms with van der Waals surface area (Å²) in [7, 11) is 0. The molecule has 2 aliphatic carbocycles. The SMILES string of the molecule is Cc1coc2c1C(=O)C(=O)c1c-2ccc2c1CCCC2(O)O. The number of carbonyl (C=O) groups excluding carboxylic acids is 2. The van der Waals surface area contributed by atoms with Gasteiger partial charge in [-0.2, -0.15) is 0 Å². The molecule has 0 spiro atoms. The number of hydrogen-bond acceptors (Lipinski definition) is 5. The zero-order chi connectivity index (χ0) is 15.6. The summed E-state index contributed by atoms with van der Waals surface area (Å²) in [5, 5.41) is 20.2. The monoisotopic (exact) mass is 298 g/mol. The Bertz CT molecular complexity index is 841. The number of hydrogen-bond donors (Lipinski definition) is 2. The average molecular weight is 298 g/mol. The third-order valence-electron chi connectivity index (χ3n) is 4.58. The van der Waals surface area contributed by atoms with E-state index in [0.717, 1.165) is 0 Å². The molecule has 0 fully saturated rings. The van der Waals surface area contributed by atoms with Crippen LogP contribution in [0.5, 0.6) is 0 Å². The average Bonchev–Trinajstić information content (AvgIpc) is 2.86. The van der Waals surface area contributed by atoms with Gasteiger partial charge in [0.05, 0.1) is 11.8 Å². The van der Waals surface area contributed by atoms with E-state index in [-0.39, 0.29) is 12.0 Å². The van der Waals surface area contributed by atoms with E-state index in [2.05, 4.69) is 0 Å². The van der Waals surface area contributed by atoms with E-state index in [4.69, 9.17) is 4.42 Å². The smallest absolute Gasteiger partial charge is 0.237 e. The van der Waals surface area contributed by atoms with Crippen LogP contribution in [0.4, 0.5) is 0 Å². The third-order valence-corrected chi connectivity index (χ3v) is 4.58. The van der Waals surface area contributed by atoms with Gasteiger partial charge >= 0.3 is 0 Å². The normalized spacial score (nSPS) is 18.7. The van der Waals surface area contributed by atoms with Crippen molar-refractivity contribution in [1.29, 1.82) is 0 Å². The minimum Gasteiger partial charge on any atom is -0.463 e. The summed E-state index contributed by atoms with van der Waals surface area (Å²) in [4.78, 5) is 24.9. The van der Waals surface area contributed by atoms with Crippen LogP contribution in [0, 0.1) is 6.92 Å². The van der Waals surface area contributed by atoms with Gasteiger partial charge in [-0.3, -0.25) is 9.59 Å². The molecule has 1 heterocycles. The Balaban J connectivity index is 2.07. The molecule has 1 aromatic carbocycles. The van der Waals surface area contributed by atoms with Crippen LogP contribution in [-0.4, -0.2) is 21.8 Å². The molecule has 2 aliphatic rings. The number of ketones is 2. The van der Waals surface area contributed by atoms with Gasteiger partial charge < -0.3 is 14.6 Å². The van der Waals surface area contributed by atoms with E-state index in [0.29, 0.717) is 46.4 Å². The maximum atomic E-state index is 12.6. The van der Waals surface area contributed by atoms with E-state index in [1.54, 1.807) is 19.1 Å². The lowest BCUT2D eigenvalue weighted by Crippen LogP contribution is -2.33. The molecule has 0 radical (unpaired) electrons. The number of furan rings is 1. The number of carbonyl (C=O) groups is 2. The Morgan fingerprint density at radius 3 is 2.64 bits per heavy atom. The number of benzene rings is 1. The summed E-state index contributed by atoms with van der Waals surface area (Å²) in [5.74, 6) is -2.74. The van der Waals surface area contributed by atoms with Gasteiger partial charge in [-0.25, -0.2) is 0 Å². The summed E-state index contributed by atoms with van der Waals surface area (Å²) in [6.07, 6.45) is 2.76. The zero-order valence-corrected chi connectivity index (χ0v) is 12.0. The van der Waals surface area contributed by atoms with Crippen molar-refractivity contribution in [2.75, 3.05) is 0 Å². The highest BCUT2D eigenvalue weighted by Gasteiger charge is 2.41. The zero-order valence-electron chi connectivity index (χ0n) is 12.0. The quantitative estimate of drug-likeness (QED) is 0.574. The predicted octanol–water partition coefficient (Wildman–Crippen LogP) is 2.11. The molecule has 112 valence electrons. The Morgan fingerprint density at radius 2 is 1.86 bits per heavy atom. The van der Waals surface area contributed by atoms with Gasteiger partial charge in [-0.1, -0.05) is 6.07 Å². The molecule has 0 bridgehead atoms. The molecule has 0 saturated carbocycles. The highest BCUT2D eigenvalue weighted by atomic mass is 16.5. The van der Waals surface area contributed by atoms with Crippen molar-refractivity contribution in [3.05, 3.63) is 46.2 Å². The first-order valence-corrected chi connectivity index (χ1v) is 7.20. The predicted molar refractivity (Wildman–Crippen MR) is 76.6 cm³/mol. The summed E-state index contributed by atoms with van der Waals surface area (Å²) in [5.41, 5.74) is 2.63. The van der Waals surface area contributed by atoms with E-state index >= 15 is 0 Å². The van der Waals surface area contributed by atoms with Crippen molar-refractivity contribution in [2.45, 2.75) is 32.0 Å². The first kappa shape index (κ1) is 13.4. The first-order chi connectivity index (χ1) is 10.4. The Labute approximate surface area is 126 Å². The van der Waals surface area contributed by atoms with Gasteiger partial charge in [0.15, 0.2) is 5.79 Å². The molecular formula is C17H14O5. The van der Waals surface area contributed by atoms with Gasteiger partial charge in [-0.15, -0.1) is 0 Å². The molecule has 0 saturated heterocycles. The highest BCUT2D eigenvalue weighted by molar-refractivity contribution is 6.53. The molecule has 5 nitrogen and oxygen atoms in total. The van der Waals surface area contributed by atoms with Crippen molar-refractivity contribution in [1.82, 2.24) is 0 Å². The van der Waals surface area contributed by atoms with Gasteiger partial charge in [0.1, 0.15) is 5.76 Å². The topological polar surface area (TPSA) is 87.7 Å². The van der Waals surface area contributed by atoms with Gasteiger partial charge in [-0.05, 0) is 37.0 Å². The van der Waals surface area contributed by atoms with Crippen LogP contribution in [0.2, 0.25) is 0 Å². The molecule has 2 aromatic rings. The van der Waals surface area contributed by atoms with E-state index in [1.165, 1.54) is 6.26 Å². The number of fused-ring (bicyclic) bond motifs is 5. The van der Waals surface area contributed by atoms with Gasteiger partial charge in [0.2, 0.25) is 11.6 Å². The fourth-order valence-corrected chi connectivity index (χ4v) is 3.53. The molecule has 0 aliphatic heterocycles. The molecular weight excluding hydrogens is 284 g/mol. The van der Waals surface area contributed by atoms with Crippen LogP contribution >= 0.6 is 0 Å².